The number of hydrazone groups is 1. The topological polar surface area (TPSA) is 52.0 Å². The Bertz CT molecular complexity index is 663. The van der Waals surface area contributed by atoms with Gasteiger partial charge in [-0.2, -0.15) is 5.10 Å². The Kier molecular flexibility index (Phi) is 15.7. The van der Waals surface area contributed by atoms with Crippen molar-refractivity contribution in [2.24, 2.45) is 16.0 Å². The number of aliphatic imine (C=N–C) groups is 1. The Morgan fingerprint density at radius 1 is 1.23 bits per heavy atom. The second kappa shape index (κ2) is 16.8. The van der Waals surface area contributed by atoms with Gasteiger partial charge < -0.3 is 10.6 Å². The second-order valence-electron chi connectivity index (χ2n) is 6.93. The normalized spacial score (nSPS) is 14.5. The van der Waals surface area contributed by atoms with Crippen molar-refractivity contribution in [3.8, 4) is 0 Å². The molecule has 170 valence electrons. The van der Waals surface area contributed by atoms with Crippen LogP contribution in [0, 0.1) is 5.92 Å². The maximum absolute atomic E-state index is 4.84. The first-order valence-corrected chi connectivity index (χ1v) is 12.0. The molecule has 5 nitrogen and oxygen atoms in total. The lowest BCUT2D eigenvalue weighted by Crippen LogP contribution is -2.29. The van der Waals surface area contributed by atoms with E-state index in [2.05, 4.69) is 67.5 Å². The van der Waals surface area contributed by atoms with Gasteiger partial charge in [0.05, 0.1) is 18.0 Å². The molecular weight excluding hydrogens is 390 g/mol. The molecule has 1 aliphatic rings. The molecule has 0 aromatic heterocycles. The van der Waals surface area contributed by atoms with Crippen molar-refractivity contribution in [3.05, 3.63) is 46.4 Å². The minimum Gasteiger partial charge on any atom is -0.393 e. The zero-order valence-corrected chi connectivity index (χ0v) is 21.4. The largest absolute Gasteiger partial charge is 0.393 e. The van der Waals surface area contributed by atoms with Gasteiger partial charge in [-0.1, -0.05) is 33.3 Å². The van der Waals surface area contributed by atoms with Gasteiger partial charge in [-0.15, -0.1) is 11.8 Å². The van der Waals surface area contributed by atoms with Crippen molar-refractivity contribution in [2.45, 2.75) is 61.3 Å². The van der Waals surface area contributed by atoms with E-state index in [0.29, 0.717) is 5.92 Å². The zero-order chi connectivity index (χ0) is 22.9. The summed E-state index contributed by atoms with van der Waals surface area (Å²) in [6, 6.07) is 0. The molecule has 0 unspecified atom stereocenters. The van der Waals surface area contributed by atoms with Crippen LogP contribution in [0.25, 0.3) is 0 Å². The number of rotatable bonds is 11. The van der Waals surface area contributed by atoms with Crippen molar-refractivity contribution in [3.63, 3.8) is 0 Å². The quantitative estimate of drug-likeness (QED) is 0.314. The fourth-order valence-electron chi connectivity index (χ4n) is 3.15. The lowest BCUT2D eigenvalue weighted by atomic mass is 9.91. The number of allylic oxidation sites excluding steroid dienone is 2. The molecule has 30 heavy (non-hydrogen) atoms. The van der Waals surface area contributed by atoms with E-state index in [0.717, 1.165) is 36.5 Å². The first kappa shape index (κ1) is 28.1. The van der Waals surface area contributed by atoms with Gasteiger partial charge in [0.15, 0.2) is 0 Å². The molecule has 0 amide bonds. The van der Waals surface area contributed by atoms with Gasteiger partial charge >= 0.3 is 0 Å². The molecule has 6 heteroatoms. The highest BCUT2D eigenvalue weighted by Gasteiger charge is 2.22. The van der Waals surface area contributed by atoms with E-state index in [4.69, 9.17) is 5.10 Å². The lowest BCUT2D eigenvalue weighted by molar-refractivity contribution is 0.372. The maximum Gasteiger partial charge on any atom is 0.0889 e. The summed E-state index contributed by atoms with van der Waals surface area (Å²) >= 11 is 1.79. The first-order valence-electron chi connectivity index (χ1n) is 11.0. The van der Waals surface area contributed by atoms with E-state index in [-0.39, 0.29) is 0 Å². The predicted molar refractivity (Wildman–Crippen MR) is 138 cm³/mol. The molecule has 0 saturated heterocycles. The van der Waals surface area contributed by atoms with E-state index >= 15 is 0 Å². The average Bonchev–Trinajstić information content (AvgIpc) is 2.74. The molecule has 0 aromatic carbocycles. The number of nitrogens with zero attached hydrogens (tertiary/aromatic N) is 3. The molecule has 0 radical (unpaired) electrons. The number of hydrogen-bond acceptors (Lipinski definition) is 6. The van der Waals surface area contributed by atoms with E-state index in [1.54, 1.807) is 18.0 Å². The highest BCUT2D eigenvalue weighted by molar-refractivity contribution is 8.03. The van der Waals surface area contributed by atoms with Crippen LogP contribution in [-0.2, 0) is 0 Å². The van der Waals surface area contributed by atoms with Gasteiger partial charge in [0, 0.05) is 49.6 Å². The minimum atomic E-state index is 0.609. The van der Waals surface area contributed by atoms with E-state index in [1.807, 2.05) is 40.4 Å². The summed E-state index contributed by atoms with van der Waals surface area (Å²) in [4.78, 5) is 5.52. The SMILES string of the molecule is CC.CCC(CC)C1=CC(C)=NN(/C(=C\NC)C(SCC=N/C=C\NC)=C(C)C)C1. The van der Waals surface area contributed by atoms with E-state index < -0.39 is 0 Å². The summed E-state index contributed by atoms with van der Waals surface area (Å²) in [6.07, 6.45) is 12.1. The predicted octanol–water partition coefficient (Wildman–Crippen LogP) is 5.92. The van der Waals surface area contributed by atoms with Gasteiger partial charge in [0.2, 0.25) is 0 Å². The van der Waals surface area contributed by atoms with Crippen LogP contribution in [0.4, 0.5) is 0 Å². The van der Waals surface area contributed by atoms with Crippen LogP contribution in [0.3, 0.4) is 0 Å². The second-order valence-corrected chi connectivity index (χ2v) is 7.96. The van der Waals surface area contributed by atoms with Crippen molar-refractivity contribution in [1.29, 1.82) is 0 Å². The Hall–Kier alpha value is -1.95. The summed E-state index contributed by atoms with van der Waals surface area (Å²) in [5.41, 5.74) is 4.92. The molecule has 1 rings (SSSR count). The maximum atomic E-state index is 4.84. The number of nitrogens with one attached hydrogen (secondary N) is 2. The molecule has 0 spiro atoms. The van der Waals surface area contributed by atoms with Gasteiger partial charge in [0.1, 0.15) is 0 Å². The van der Waals surface area contributed by atoms with Crippen LogP contribution >= 0.6 is 11.8 Å². The van der Waals surface area contributed by atoms with Gasteiger partial charge in [-0.3, -0.25) is 10.0 Å². The Labute approximate surface area is 189 Å². The van der Waals surface area contributed by atoms with Crippen LogP contribution in [-0.4, -0.2) is 43.3 Å². The Balaban J connectivity index is 0.00000407. The van der Waals surface area contributed by atoms with Crippen molar-refractivity contribution in [2.75, 3.05) is 26.4 Å². The highest BCUT2D eigenvalue weighted by Crippen LogP contribution is 2.33. The minimum absolute atomic E-state index is 0.609. The van der Waals surface area contributed by atoms with E-state index in [9.17, 15) is 0 Å². The van der Waals surface area contributed by atoms with Crippen LogP contribution < -0.4 is 10.6 Å². The zero-order valence-electron chi connectivity index (χ0n) is 20.5. The van der Waals surface area contributed by atoms with Crippen LogP contribution in [0.5, 0.6) is 0 Å². The van der Waals surface area contributed by atoms with E-state index in [1.165, 1.54) is 16.1 Å². The molecule has 0 fully saturated rings. The standard InChI is InChI=1S/C22H37N5S.C2H6/c1-8-19(9-2)20-14-18(5)26-27(16-20)21(15-24-7)22(17(3)4)28-13-12-25-11-10-23-6;1-2/h10-12,14-15,19,23-24H,8-9,13,16H2,1-7H3;1-2H3/b11-10-,21-15-,25-12?;. The number of hydrogen-bond donors (Lipinski definition) is 2. The summed E-state index contributed by atoms with van der Waals surface area (Å²) in [7, 11) is 3.80. The molecule has 1 heterocycles. The van der Waals surface area contributed by atoms with Crippen LogP contribution in [0.1, 0.15) is 61.3 Å². The van der Waals surface area contributed by atoms with Crippen molar-refractivity contribution in [1.82, 2.24) is 15.6 Å². The molecule has 2 N–H and O–H groups in total. The number of thioether (sulfide) groups is 1. The third-order valence-electron chi connectivity index (χ3n) is 4.50. The molecule has 0 atom stereocenters. The summed E-state index contributed by atoms with van der Waals surface area (Å²) in [5.74, 6) is 1.42. The third-order valence-corrected chi connectivity index (χ3v) is 5.72. The van der Waals surface area contributed by atoms with Crippen molar-refractivity contribution < 1.29 is 0 Å². The molecule has 0 aromatic rings. The average molecular weight is 434 g/mol. The van der Waals surface area contributed by atoms with Gasteiger partial charge in [-0.25, -0.2) is 0 Å². The van der Waals surface area contributed by atoms with Gasteiger partial charge in [-0.05, 0) is 51.2 Å². The molecule has 0 bridgehead atoms. The smallest absolute Gasteiger partial charge is 0.0889 e. The lowest BCUT2D eigenvalue weighted by Gasteiger charge is -2.31. The van der Waals surface area contributed by atoms with Crippen LogP contribution in [0.2, 0.25) is 0 Å². The molecule has 0 aliphatic carbocycles. The fourth-order valence-corrected chi connectivity index (χ4v) is 4.08. The van der Waals surface area contributed by atoms with Gasteiger partial charge in [0.25, 0.3) is 0 Å². The fraction of sp³-hybridized carbons (Fsp3) is 0.583. The molecule has 1 aliphatic heterocycles. The third kappa shape index (κ3) is 9.70. The molecule has 0 saturated carbocycles. The highest BCUT2D eigenvalue weighted by atomic mass is 32.2. The Morgan fingerprint density at radius 3 is 2.43 bits per heavy atom. The monoisotopic (exact) mass is 433 g/mol. The summed E-state index contributed by atoms with van der Waals surface area (Å²) < 4.78 is 0. The summed E-state index contributed by atoms with van der Waals surface area (Å²) in [5, 5.41) is 13.1. The molecular formula is C24H43N5S. The Morgan fingerprint density at radius 2 is 1.90 bits per heavy atom. The first-order chi connectivity index (χ1) is 14.5. The van der Waals surface area contributed by atoms with Crippen LogP contribution in [0.15, 0.2) is 56.5 Å². The van der Waals surface area contributed by atoms with Crippen molar-refractivity contribution >= 4 is 23.7 Å². The summed E-state index contributed by atoms with van der Waals surface area (Å²) in [6.45, 7) is 15.8.